The molecular weight excluding hydrogens is 152 g/mol. The summed E-state index contributed by atoms with van der Waals surface area (Å²) < 4.78 is 0. The largest absolute Gasteiger partial charge is 0.343 e. The van der Waals surface area contributed by atoms with Gasteiger partial charge in [0.1, 0.15) is 0 Å². The molecule has 68 valence electrons. The average molecular weight is 168 g/mol. The molecule has 0 saturated heterocycles. The highest BCUT2D eigenvalue weighted by Gasteiger charge is 2.07. The molecule has 0 fully saturated rings. The number of amides is 1. The third-order valence-corrected chi connectivity index (χ3v) is 1.80. The van der Waals surface area contributed by atoms with Gasteiger partial charge in [-0.2, -0.15) is 5.26 Å². The van der Waals surface area contributed by atoms with E-state index >= 15 is 0 Å². The van der Waals surface area contributed by atoms with Crippen LogP contribution in [0.5, 0.6) is 0 Å². The van der Waals surface area contributed by atoms with Crippen LogP contribution in [0.1, 0.15) is 33.1 Å². The fourth-order valence-electron chi connectivity index (χ4n) is 1.05. The topological polar surface area (TPSA) is 44.1 Å². The number of carbonyl (C=O) groups excluding carboxylic acids is 1. The van der Waals surface area contributed by atoms with Crippen LogP contribution in [0.2, 0.25) is 0 Å². The lowest BCUT2D eigenvalue weighted by molar-refractivity contribution is -0.130. The Morgan fingerprint density at radius 2 is 2.00 bits per heavy atom. The lowest BCUT2D eigenvalue weighted by atomic mass is 10.2. The zero-order chi connectivity index (χ0) is 9.40. The number of nitriles is 1. The van der Waals surface area contributed by atoms with Gasteiger partial charge in [0.25, 0.3) is 0 Å². The van der Waals surface area contributed by atoms with Crippen LogP contribution in [0.4, 0.5) is 0 Å². The molecule has 0 spiro atoms. The second-order valence-corrected chi connectivity index (χ2v) is 2.58. The number of unbranched alkanes of at least 4 members (excludes halogenated alkanes) is 1. The highest BCUT2D eigenvalue weighted by atomic mass is 16.2. The third-order valence-electron chi connectivity index (χ3n) is 1.80. The van der Waals surface area contributed by atoms with E-state index < -0.39 is 0 Å². The molecule has 1 amide bonds. The Balaban J connectivity index is 3.63. The van der Waals surface area contributed by atoms with E-state index in [4.69, 9.17) is 5.26 Å². The standard InChI is InChI=1S/C9H16N2O/c1-3-11(4-2)9(12)7-5-6-8-10/h3-7H2,1-2H3. The number of rotatable bonds is 5. The van der Waals surface area contributed by atoms with E-state index in [0.29, 0.717) is 19.3 Å². The number of carbonyl (C=O) groups is 1. The van der Waals surface area contributed by atoms with E-state index in [9.17, 15) is 4.79 Å². The molecule has 0 radical (unpaired) electrons. The Morgan fingerprint density at radius 1 is 1.42 bits per heavy atom. The zero-order valence-corrected chi connectivity index (χ0v) is 7.84. The summed E-state index contributed by atoms with van der Waals surface area (Å²) >= 11 is 0. The molecule has 0 heterocycles. The Labute approximate surface area is 74.0 Å². The normalized spacial score (nSPS) is 9.08. The van der Waals surface area contributed by atoms with E-state index in [1.807, 2.05) is 19.9 Å². The highest BCUT2D eigenvalue weighted by molar-refractivity contribution is 5.76. The van der Waals surface area contributed by atoms with Gasteiger partial charge in [-0.15, -0.1) is 0 Å². The maximum absolute atomic E-state index is 11.3. The molecule has 0 atom stereocenters. The quantitative estimate of drug-likeness (QED) is 0.584. The molecule has 0 unspecified atom stereocenters. The molecular formula is C9H16N2O. The number of hydrogen-bond acceptors (Lipinski definition) is 2. The lowest BCUT2D eigenvalue weighted by Crippen LogP contribution is -2.30. The summed E-state index contributed by atoms with van der Waals surface area (Å²) in [7, 11) is 0. The predicted molar refractivity (Wildman–Crippen MR) is 47.4 cm³/mol. The van der Waals surface area contributed by atoms with Crippen molar-refractivity contribution in [1.29, 1.82) is 5.26 Å². The summed E-state index contributed by atoms with van der Waals surface area (Å²) in [6.07, 6.45) is 1.67. The molecule has 3 heteroatoms. The first-order valence-corrected chi connectivity index (χ1v) is 4.41. The number of hydrogen-bond donors (Lipinski definition) is 0. The van der Waals surface area contributed by atoms with Crippen LogP contribution in [0.15, 0.2) is 0 Å². The summed E-state index contributed by atoms with van der Waals surface area (Å²) in [5.41, 5.74) is 0. The van der Waals surface area contributed by atoms with Crippen LogP contribution in [-0.4, -0.2) is 23.9 Å². The third kappa shape index (κ3) is 3.97. The first-order chi connectivity index (χ1) is 5.76. The maximum atomic E-state index is 11.3. The van der Waals surface area contributed by atoms with E-state index in [1.165, 1.54) is 0 Å². The molecule has 0 rings (SSSR count). The van der Waals surface area contributed by atoms with Gasteiger partial charge in [0.05, 0.1) is 6.07 Å². The Bertz CT molecular complexity index is 168. The summed E-state index contributed by atoms with van der Waals surface area (Å²) in [4.78, 5) is 13.1. The van der Waals surface area contributed by atoms with Gasteiger partial charge in [-0.05, 0) is 20.3 Å². The summed E-state index contributed by atoms with van der Waals surface area (Å²) in [5, 5.41) is 8.26. The average Bonchev–Trinajstić information content (AvgIpc) is 2.07. The smallest absolute Gasteiger partial charge is 0.222 e. The fourth-order valence-corrected chi connectivity index (χ4v) is 1.05. The fraction of sp³-hybridized carbons (Fsp3) is 0.778. The molecule has 0 N–H and O–H groups in total. The Morgan fingerprint density at radius 3 is 2.42 bits per heavy atom. The Kier molecular flexibility index (Phi) is 6.08. The molecule has 0 aromatic heterocycles. The lowest BCUT2D eigenvalue weighted by Gasteiger charge is -2.17. The minimum Gasteiger partial charge on any atom is -0.343 e. The van der Waals surface area contributed by atoms with Gasteiger partial charge in [0.15, 0.2) is 0 Å². The molecule has 12 heavy (non-hydrogen) atoms. The van der Waals surface area contributed by atoms with Crippen molar-refractivity contribution >= 4 is 5.91 Å². The first-order valence-electron chi connectivity index (χ1n) is 4.41. The second-order valence-electron chi connectivity index (χ2n) is 2.58. The molecule has 0 bridgehead atoms. The van der Waals surface area contributed by atoms with Crippen LogP contribution in [0.3, 0.4) is 0 Å². The molecule has 0 aromatic rings. The van der Waals surface area contributed by atoms with E-state index in [2.05, 4.69) is 0 Å². The van der Waals surface area contributed by atoms with E-state index in [0.717, 1.165) is 13.1 Å². The van der Waals surface area contributed by atoms with Gasteiger partial charge in [-0.25, -0.2) is 0 Å². The van der Waals surface area contributed by atoms with Gasteiger partial charge < -0.3 is 4.90 Å². The summed E-state index contributed by atoms with van der Waals surface area (Å²) in [6, 6.07) is 2.03. The summed E-state index contributed by atoms with van der Waals surface area (Å²) in [5.74, 6) is 0.162. The van der Waals surface area contributed by atoms with Gasteiger partial charge in [-0.3, -0.25) is 4.79 Å². The van der Waals surface area contributed by atoms with Crippen molar-refractivity contribution in [3.05, 3.63) is 0 Å². The monoisotopic (exact) mass is 168 g/mol. The summed E-state index contributed by atoms with van der Waals surface area (Å²) in [6.45, 7) is 5.46. The van der Waals surface area contributed by atoms with Crippen molar-refractivity contribution < 1.29 is 4.79 Å². The van der Waals surface area contributed by atoms with Crippen LogP contribution in [0.25, 0.3) is 0 Å². The molecule has 0 aliphatic heterocycles. The maximum Gasteiger partial charge on any atom is 0.222 e. The predicted octanol–water partition coefficient (Wildman–Crippen LogP) is 1.55. The zero-order valence-electron chi connectivity index (χ0n) is 7.84. The molecule has 0 saturated carbocycles. The first kappa shape index (κ1) is 11.0. The van der Waals surface area contributed by atoms with Crippen LogP contribution < -0.4 is 0 Å². The molecule has 0 aliphatic carbocycles. The van der Waals surface area contributed by atoms with Crippen molar-refractivity contribution in [2.75, 3.05) is 13.1 Å². The van der Waals surface area contributed by atoms with Gasteiger partial charge >= 0.3 is 0 Å². The van der Waals surface area contributed by atoms with E-state index in [1.54, 1.807) is 4.90 Å². The van der Waals surface area contributed by atoms with Crippen LogP contribution in [-0.2, 0) is 4.79 Å². The second kappa shape index (κ2) is 6.66. The van der Waals surface area contributed by atoms with E-state index in [-0.39, 0.29) is 5.91 Å². The number of nitrogens with zero attached hydrogens (tertiary/aromatic N) is 2. The minimum atomic E-state index is 0.162. The van der Waals surface area contributed by atoms with Crippen molar-refractivity contribution in [3.63, 3.8) is 0 Å². The van der Waals surface area contributed by atoms with Gasteiger partial charge in [0.2, 0.25) is 5.91 Å². The molecule has 3 nitrogen and oxygen atoms in total. The van der Waals surface area contributed by atoms with Gasteiger partial charge in [-0.1, -0.05) is 0 Å². The highest BCUT2D eigenvalue weighted by Crippen LogP contribution is 1.99. The molecule has 0 aliphatic rings. The SMILES string of the molecule is CCN(CC)C(=O)CCCC#N. The van der Waals surface area contributed by atoms with Gasteiger partial charge in [0, 0.05) is 25.9 Å². The van der Waals surface area contributed by atoms with Crippen LogP contribution >= 0.6 is 0 Å². The minimum absolute atomic E-state index is 0.162. The van der Waals surface area contributed by atoms with Crippen molar-refractivity contribution in [1.82, 2.24) is 4.90 Å². The Hall–Kier alpha value is -1.04. The van der Waals surface area contributed by atoms with Crippen molar-refractivity contribution in [2.45, 2.75) is 33.1 Å². The van der Waals surface area contributed by atoms with Crippen molar-refractivity contribution in [2.24, 2.45) is 0 Å². The molecule has 0 aromatic carbocycles. The van der Waals surface area contributed by atoms with Crippen LogP contribution in [0, 0.1) is 11.3 Å². The van der Waals surface area contributed by atoms with Crippen molar-refractivity contribution in [3.8, 4) is 6.07 Å².